The molecule has 2 amide bonds. The summed E-state index contributed by atoms with van der Waals surface area (Å²) in [5, 5.41) is 12.8. The maximum Gasteiger partial charge on any atom is 0.310 e. The fraction of sp³-hybridized carbons (Fsp3) is 0.609. The number of fused-ring (bicyclic) bond motifs is 1. The van der Waals surface area contributed by atoms with Gasteiger partial charge in [0.05, 0.1) is 35.8 Å². The summed E-state index contributed by atoms with van der Waals surface area (Å²) in [7, 11) is 0. The fourth-order valence-electron chi connectivity index (χ4n) is 5.71. The van der Waals surface area contributed by atoms with E-state index in [4.69, 9.17) is 4.74 Å². The van der Waals surface area contributed by atoms with Gasteiger partial charge in [-0.2, -0.15) is 0 Å². The first-order chi connectivity index (χ1) is 14.9. The smallest absolute Gasteiger partial charge is 0.310 e. The highest BCUT2D eigenvalue weighted by Crippen LogP contribution is 2.68. The average Bonchev–Trinajstić information content (AvgIpc) is 3.36. The molecule has 1 spiro atoms. The quantitative estimate of drug-likeness (QED) is 0.618. The normalized spacial score (nSPS) is 34.5. The van der Waals surface area contributed by atoms with E-state index in [2.05, 4.69) is 12.2 Å². The van der Waals surface area contributed by atoms with E-state index in [-0.39, 0.29) is 42.2 Å². The van der Waals surface area contributed by atoms with Crippen LogP contribution in [0.1, 0.15) is 32.8 Å². The summed E-state index contributed by atoms with van der Waals surface area (Å²) < 4.78 is 4.63. The molecule has 0 aliphatic carbocycles. The van der Waals surface area contributed by atoms with Crippen LogP contribution in [-0.2, 0) is 25.7 Å². The van der Waals surface area contributed by atoms with E-state index in [0.29, 0.717) is 6.54 Å². The predicted molar refractivity (Wildman–Crippen MR) is 117 cm³/mol. The number of thioether (sulfide) groups is 1. The molecule has 3 saturated heterocycles. The number of ether oxygens (including phenoxy) is 1. The molecule has 0 radical (unpaired) electrons. The number of hydrogen-bond acceptors (Lipinski definition) is 6. The standard InChI is InChI=1S/C23H30N2O5S/c1-4-30-22(29)17-16-10-13(2)23(31-16)18(17)21(28)25(14(3)12-26)19(23)20(27)24-11-15-8-6-5-7-9-15/h5-9,13-14,16-19,26H,4,10-12H2,1-3H3,(H,24,27)/t13?,14-,16-,17+,18+,19?,23?/m1/s1. The number of rotatable bonds is 7. The van der Waals surface area contributed by atoms with E-state index in [9.17, 15) is 19.5 Å². The van der Waals surface area contributed by atoms with Gasteiger partial charge in [-0.1, -0.05) is 37.3 Å². The van der Waals surface area contributed by atoms with Gasteiger partial charge in [-0.05, 0) is 31.7 Å². The van der Waals surface area contributed by atoms with Gasteiger partial charge in [-0.25, -0.2) is 0 Å². The zero-order valence-electron chi connectivity index (χ0n) is 18.1. The number of hydrogen-bond donors (Lipinski definition) is 2. The Morgan fingerprint density at radius 2 is 2.06 bits per heavy atom. The molecule has 2 bridgehead atoms. The lowest BCUT2D eigenvalue weighted by Gasteiger charge is -2.39. The van der Waals surface area contributed by atoms with Crippen molar-refractivity contribution in [2.75, 3.05) is 13.2 Å². The third-order valence-corrected chi connectivity index (χ3v) is 9.12. The minimum absolute atomic E-state index is 0.0287. The Labute approximate surface area is 186 Å². The summed E-state index contributed by atoms with van der Waals surface area (Å²) in [5.74, 6) is -1.87. The van der Waals surface area contributed by atoms with Crippen molar-refractivity contribution < 1.29 is 24.2 Å². The second-order valence-corrected chi connectivity index (χ2v) is 10.3. The fourth-order valence-corrected chi connectivity index (χ4v) is 8.11. The first-order valence-electron chi connectivity index (χ1n) is 11.0. The molecule has 4 rings (SSSR count). The molecule has 3 unspecified atom stereocenters. The maximum absolute atomic E-state index is 13.6. The molecule has 7 atom stereocenters. The SMILES string of the molecule is CCOC(=O)[C@@H]1[C@H]2C(=O)N([C@H](C)CO)C(C(=O)NCc3ccccc3)C23S[C@@H]1CC3C. The van der Waals surface area contributed by atoms with E-state index in [1.54, 1.807) is 25.6 Å². The summed E-state index contributed by atoms with van der Waals surface area (Å²) in [6, 6.07) is 8.36. The number of aliphatic hydroxyl groups excluding tert-OH is 1. The van der Waals surface area contributed by atoms with Crippen molar-refractivity contribution in [1.82, 2.24) is 10.2 Å². The van der Waals surface area contributed by atoms with Crippen molar-refractivity contribution in [3.05, 3.63) is 35.9 Å². The Morgan fingerprint density at radius 1 is 1.35 bits per heavy atom. The Kier molecular flexibility index (Phi) is 6.05. The highest BCUT2D eigenvalue weighted by atomic mass is 32.2. The second kappa shape index (κ2) is 8.47. The third-order valence-electron chi connectivity index (χ3n) is 7.04. The second-order valence-electron chi connectivity index (χ2n) is 8.79. The van der Waals surface area contributed by atoms with E-state index >= 15 is 0 Å². The van der Waals surface area contributed by atoms with Crippen LogP contribution in [0.2, 0.25) is 0 Å². The van der Waals surface area contributed by atoms with Gasteiger partial charge in [-0.15, -0.1) is 11.8 Å². The molecule has 0 aromatic heterocycles. The van der Waals surface area contributed by atoms with Crippen LogP contribution in [0.4, 0.5) is 0 Å². The predicted octanol–water partition coefficient (Wildman–Crippen LogP) is 1.58. The lowest BCUT2D eigenvalue weighted by Crippen LogP contribution is -2.57. The topological polar surface area (TPSA) is 95.9 Å². The Bertz CT molecular complexity index is 865. The molecule has 7 nitrogen and oxygen atoms in total. The van der Waals surface area contributed by atoms with Crippen LogP contribution in [0.5, 0.6) is 0 Å². The van der Waals surface area contributed by atoms with Crippen LogP contribution in [0.25, 0.3) is 0 Å². The van der Waals surface area contributed by atoms with Crippen molar-refractivity contribution >= 4 is 29.5 Å². The van der Waals surface area contributed by atoms with Crippen LogP contribution in [-0.4, -0.2) is 63.1 Å². The number of carbonyl (C=O) groups excluding carboxylic acids is 3. The van der Waals surface area contributed by atoms with Gasteiger partial charge < -0.3 is 20.1 Å². The van der Waals surface area contributed by atoms with Gasteiger partial charge in [-0.3, -0.25) is 14.4 Å². The number of benzene rings is 1. The number of esters is 1. The lowest BCUT2D eigenvalue weighted by molar-refractivity contribution is -0.154. The number of amides is 2. The molecule has 168 valence electrons. The Balaban J connectivity index is 1.69. The number of nitrogens with one attached hydrogen (secondary N) is 1. The third kappa shape index (κ3) is 3.35. The highest BCUT2D eigenvalue weighted by molar-refractivity contribution is 8.02. The monoisotopic (exact) mass is 446 g/mol. The van der Waals surface area contributed by atoms with Gasteiger partial charge in [0.25, 0.3) is 0 Å². The van der Waals surface area contributed by atoms with Crippen molar-refractivity contribution in [1.29, 1.82) is 0 Å². The number of nitrogens with zero attached hydrogens (tertiary/aromatic N) is 1. The number of aliphatic hydroxyl groups is 1. The van der Waals surface area contributed by atoms with Crippen molar-refractivity contribution in [3.8, 4) is 0 Å². The van der Waals surface area contributed by atoms with Crippen LogP contribution in [0.15, 0.2) is 30.3 Å². The van der Waals surface area contributed by atoms with E-state index in [0.717, 1.165) is 12.0 Å². The van der Waals surface area contributed by atoms with Crippen molar-refractivity contribution in [2.24, 2.45) is 17.8 Å². The Morgan fingerprint density at radius 3 is 2.71 bits per heavy atom. The summed E-state index contributed by atoms with van der Waals surface area (Å²) in [4.78, 5) is 41.5. The average molecular weight is 447 g/mol. The molecule has 0 saturated carbocycles. The van der Waals surface area contributed by atoms with E-state index in [1.807, 2.05) is 30.3 Å². The zero-order valence-corrected chi connectivity index (χ0v) is 18.9. The van der Waals surface area contributed by atoms with Gasteiger partial charge in [0.2, 0.25) is 11.8 Å². The molecule has 1 aromatic rings. The summed E-state index contributed by atoms with van der Waals surface area (Å²) in [5.41, 5.74) is 0.969. The van der Waals surface area contributed by atoms with Crippen molar-refractivity contribution in [2.45, 2.75) is 55.8 Å². The molecule has 3 fully saturated rings. The highest BCUT2D eigenvalue weighted by Gasteiger charge is 2.76. The van der Waals surface area contributed by atoms with Crippen LogP contribution in [0.3, 0.4) is 0 Å². The molecule has 3 heterocycles. The molecular formula is C23H30N2O5S. The molecule has 2 N–H and O–H groups in total. The molecule has 3 aliphatic heterocycles. The van der Waals surface area contributed by atoms with Gasteiger partial charge >= 0.3 is 5.97 Å². The summed E-state index contributed by atoms with van der Waals surface area (Å²) in [6.45, 7) is 5.94. The molecular weight excluding hydrogens is 416 g/mol. The van der Waals surface area contributed by atoms with E-state index < -0.39 is 28.7 Å². The van der Waals surface area contributed by atoms with E-state index in [1.165, 1.54) is 4.90 Å². The zero-order chi connectivity index (χ0) is 22.3. The largest absolute Gasteiger partial charge is 0.466 e. The first-order valence-corrected chi connectivity index (χ1v) is 11.8. The molecule has 8 heteroatoms. The van der Waals surface area contributed by atoms with Gasteiger partial charge in [0.15, 0.2) is 0 Å². The Hall–Kier alpha value is -2.06. The van der Waals surface area contributed by atoms with Gasteiger partial charge in [0, 0.05) is 11.8 Å². The minimum Gasteiger partial charge on any atom is -0.466 e. The van der Waals surface area contributed by atoms with Gasteiger partial charge in [0.1, 0.15) is 6.04 Å². The summed E-state index contributed by atoms with van der Waals surface area (Å²) in [6.07, 6.45) is 0.766. The van der Waals surface area contributed by atoms with Crippen LogP contribution >= 0.6 is 11.8 Å². The first kappa shape index (κ1) is 22.1. The molecule has 3 aliphatic rings. The van der Waals surface area contributed by atoms with Crippen molar-refractivity contribution in [3.63, 3.8) is 0 Å². The molecule has 31 heavy (non-hydrogen) atoms. The lowest BCUT2D eigenvalue weighted by atomic mass is 9.66. The maximum atomic E-state index is 13.6. The van der Waals surface area contributed by atoms with Crippen LogP contribution in [0, 0.1) is 17.8 Å². The summed E-state index contributed by atoms with van der Waals surface area (Å²) >= 11 is 1.61. The number of carbonyl (C=O) groups is 3. The minimum atomic E-state index is -0.736. The number of likely N-dealkylation sites (tertiary alicyclic amines) is 1. The van der Waals surface area contributed by atoms with Crippen LogP contribution < -0.4 is 5.32 Å². The molecule has 1 aromatic carbocycles.